The second-order valence-corrected chi connectivity index (χ2v) is 9.44. The lowest BCUT2D eigenvalue weighted by Gasteiger charge is -2.26. The summed E-state index contributed by atoms with van der Waals surface area (Å²) in [6, 6.07) is 10.4. The predicted molar refractivity (Wildman–Crippen MR) is 120 cm³/mol. The standard InChI is InChI=1S/C22H29N3O5S/c1-24(2)12-8-11-17-20(30-16-9-4-3-5-10-16)19(25-13-6-7-14-25)15-18(22(26)27)21(17)31(23,28)29/h3-5,9-10,15H,6-8,11-14H2,1-2H3,(H,26,27)(H2,23,28,29). The summed E-state index contributed by atoms with van der Waals surface area (Å²) in [5.41, 5.74) is 0.589. The van der Waals surface area contributed by atoms with E-state index in [4.69, 9.17) is 9.88 Å². The molecule has 2 aromatic carbocycles. The number of anilines is 1. The van der Waals surface area contributed by atoms with Gasteiger partial charge in [-0.15, -0.1) is 0 Å². The lowest BCUT2D eigenvalue weighted by Crippen LogP contribution is -2.24. The minimum absolute atomic E-state index is 0.314. The summed E-state index contributed by atoms with van der Waals surface area (Å²) in [7, 11) is -0.464. The van der Waals surface area contributed by atoms with Gasteiger partial charge < -0.3 is 19.6 Å². The van der Waals surface area contributed by atoms with E-state index in [0.29, 0.717) is 42.1 Å². The van der Waals surface area contributed by atoms with Crippen LogP contribution in [0.25, 0.3) is 0 Å². The zero-order valence-corrected chi connectivity index (χ0v) is 18.7. The van der Waals surface area contributed by atoms with Crippen LogP contribution in [0, 0.1) is 0 Å². The van der Waals surface area contributed by atoms with E-state index in [9.17, 15) is 18.3 Å². The van der Waals surface area contributed by atoms with Gasteiger partial charge in [0.2, 0.25) is 10.0 Å². The molecular weight excluding hydrogens is 418 g/mol. The van der Waals surface area contributed by atoms with E-state index in [1.165, 1.54) is 6.07 Å². The fourth-order valence-corrected chi connectivity index (χ4v) is 4.88. The van der Waals surface area contributed by atoms with Crippen molar-refractivity contribution < 1.29 is 23.1 Å². The summed E-state index contributed by atoms with van der Waals surface area (Å²) >= 11 is 0. The zero-order chi connectivity index (χ0) is 22.6. The van der Waals surface area contributed by atoms with E-state index >= 15 is 0 Å². The Labute approximate surface area is 183 Å². The molecule has 0 aliphatic carbocycles. The molecule has 3 rings (SSSR count). The first-order valence-electron chi connectivity index (χ1n) is 10.3. The molecule has 1 saturated heterocycles. The Morgan fingerprint density at radius 3 is 2.39 bits per heavy atom. The average molecular weight is 448 g/mol. The number of carbonyl (C=O) groups is 1. The maximum absolute atomic E-state index is 12.5. The lowest BCUT2D eigenvalue weighted by molar-refractivity contribution is 0.0692. The fourth-order valence-electron chi connectivity index (χ4n) is 3.88. The van der Waals surface area contributed by atoms with Gasteiger partial charge in [-0.3, -0.25) is 0 Å². The molecule has 0 saturated carbocycles. The predicted octanol–water partition coefficient (Wildman–Crippen LogP) is 2.92. The maximum Gasteiger partial charge on any atom is 0.337 e. The van der Waals surface area contributed by atoms with Gasteiger partial charge in [-0.25, -0.2) is 18.4 Å². The Hall–Kier alpha value is -2.62. The van der Waals surface area contributed by atoms with E-state index in [-0.39, 0.29) is 10.5 Å². The van der Waals surface area contributed by atoms with Crippen LogP contribution in [0.3, 0.4) is 0 Å². The number of carboxylic acids is 1. The van der Waals surface area contributed by atoms with Crippen LogP contribution in [0.15, 0.2) is 41.3 Å². The van der Waals surface area contributed by atoms with Crippen molar-refractivity contribution in [1.82, 2.24) is 4.90 Å². The van der Waals surface area contributed by atoms with Crippen molar-refractivity contribution in [2.24, 2.45) is 5.14 Å². The zero-order valence-electron chi connectivity index (χ0n) is 17.9. The van der Waals surface area contributed by atoms with Crippen LogP contribution in [0.1, 0.15) is 35.2 Å². The second kappa shape index (κ2) is 9.67. The third kappa shape index (κ3) is 5.55. The molecular formula is C22H29N3O5S. The molecule has 0 unspecified atom stereocenters. The van der Waals surface area contributed by atoms with Crippen molar-refractivity contribution in [3.63, 3.8) is 0 Å². The highest BCUT2D eigenvalue weighted by Gasteiger charge is 2.31. The topological polar surface area (TPSA) is 113 Å². The summed E-state index contributed by atoms with van der Waals surface area (Å²) < 4.78 is 31.3. The number of nitrogens with two attached hydrogens (primary N) is 1. The number of sulfonamides is 1. The molecule has 0 atom stereocenters. The van der Waals surface area contributed by atoms with Gasteiger partial charge in [-0.1, -0.05) is 18.2 Å². The van der Waals surface area contributed by atoms with E-state index in [0.717, 1.165) is 25.9 Å². The van der Waals surface area contributed by atoms with Gasteiger partial charge in [0.25, 0.3) is 0 Å². The van der Waals surface area contributed by atoms with Crippen LogP contribution in [0.4, 0.5) is 5.69 Å². The molecule has 2 aromatic rings. The number of para-hydroxylation sites is 1. The molecule has 0 radical (unpaired) electrons. The highest BCUT2D eigenvalue weighted by molar-refractivity contribution is 7.89. The van der Waals surface area contributed by atoms with Gasteiger partial charge in [0.05, 0.1) is 11.3 Å². The van der Waals surface area contributed by atoms with Gasteiger partial charge in [0.15, 0.2) is 5.75 Å². The molecule has 0 aromatic heterocycles. The van der Waals surface area contributed by atoms with Crippen LogP contribution >= 0.6 is 0 Å². The Kier molecular flexibility index (Phi) is 7.19. The molecule has 0 amide bonds. The number of ether oxygens (including phenoxy) is 1. The van der Waals surface area contributed by atoms with Crippen LogP contribution in [0.5, 0.6) is 11.5 Å². The highest BCUT2D eigenvalue weighted by atomic mass is 32.2. The maximum atomic E-state index is 12.5. The first kappa shape index (κ1) is 23.1. The van der Waals surface area contributed by atoms with Gasteiger partial charge >= 0.3 is 5.97 Å². The summed E-state index contributed by atoms with van der Waals surface area (Å²) in [6.07, 6.45) is 2.87. The molecule has 9 heteroatoms. The van der Waals surface area contributed by atoms with Crippen LogP contribution < -0.4 is 14.8 Å². The van der Waals surface area contributed by atoms with Crippen molar-refractivity contribution in [3.8, 4) is 11.5 Å². The molecule has 1 fully saturated rings. The first-order valence-corrected chi connectivity index (χ1v) is 11.8. The molecule has 1 heterocycles. The number of rotatable bonds is 9. The van der Waals surface area contributed by atoms with Crippen LogP contribution in [0.2, 0.25) is 0 Å². The average Bonchev–Trinajstić information content (AvgIpc) is 3.22. The normalized spacial score (nSPS) is 14.3. The number of hydrogen-bond donors (Lipinski definition) is 2. The lowest BCUT2D eigenvalue weighted by atomic mass is 10.0. The smallest absolute Gasteiger partial charge is 0.337 e. The minimum atomic E-state index is -4.31. The summed E-state index contributed by atoms with van der Waals surface area (Å²) in [5.74, 6) is -0.425. The number of hydrogen-bond acceptors (Lipinski definition) is 6. The first-order chi connectivity index (χ1) is 14.7. The highest BCUT2D eigenvalue weighted by Crippen LogP contribution is 2.42. The number of carboxylic acid groups (broad SMARTS) is 1. The molecule has 0 spiro atoms. The number of benzene rings is 2. The fraction of sp³-hybridized carbons (Fsp3) is 0.409. The van der Waals surface area contributed by atoms with Crippen molar-refractivity contribution in [1.29, 1.82) is 0 Å². The molecule has 0 bridgehead atoms. The van der Waals surface area contributed by atoms with Gasteiger partial charge in [-0.05, 0) is 64.5 Å². The molecule has 8 nitrogen and oxygen atoms in total. The van der Waals surface area contributed by atoms with Crippen molar-refractivity contribution >= 4 is 21.7 Å². The number of aromatic carboxylic acids is 1. The van der Waals surface area contributed by atoms with Crippen molar-refractivity contribution in [2.45, 2.75) is 30.6 Å². The van der Waals surface area contributed by atoms with Crippen LogP contribution in [-0.4, -0.2) is 58.1 Å². The summed E-state index contributed by atoms with van der Waals surface area (Å²) in [5, 5.41) is 15.4. The number of nitrogens with zero attached hydrogens (tertiary/aromatic N) is 2. The van der Waals surface area contributed by atoms with Crippen molar-refractivity contribution in [2.75, 3.05) is 38.6 Å². The minimum Gasteiger partial charge on any atom is -0.478 e. The molecule has 168 valence electrons. The largest absolute Gasteiger partial charge is 0.478 e. The van der Waals surface area contributed by atoms with Crippen LogP contribution in [-0.2, 0) is 16.4 Å². The molecule has 3 N–H and O–H groups in total. The van der Waals surface area contributed by atoms with E-state index in [1.54, 1.807) is 12.1 Å². The van der Waals surface area contributed by atoms with Gasteiger partial charge in [0.1, 0.15) is 10.6 Å². The molecule has 31 heavy (non-hydrogen) atoms. The third-order valence-electron chi connectivity index (χ3n) is 5.26. The molecule has 1 aliphatic heterocycles. The second-order valence-electron chi connectivity index (χ2n) is 7.95. The summed E-state index contributed by atoms with van der Waals surface area (Å²) in [6.45, 7) is 2.19. The van der Waals surface area contributed by atoms with Gasteiger partial charge in [-0.2, -0.15) is 0 Å². The van der Waals surface area contributed by atoms with E-state index in [1.807, 2.05) is 42.1 Å². The van der Waals surface area contributed by atoms with E-state index in [2.05, 4.69) is 0 Å². The monoisotopic (exact) mass is 447 g/mol. The Morgan fingerprint density at radius 2 is 1.84 bits per heavy atom. The number of primary sulfonamides is 1. The van der Waals surface area contributed by atoms with E-state index < -0.39 is 16.0 Å². The Morgan fingerprint density at radius 1 is 1.19 bits per heavy atom. The van der Waals surface area contributed by atoms with Gasteiger partial charge in [0, 0.05) is 18.7 Å². The third-order valence-corrected chi connectivity index (χ3v) is 6.30. The SMILES string of the molecule is CN(C)CCCc1c(Oc2ccccc2)c(N2CCCC2)cc(C(=O)O)c1S(N)(=O)=O. The summed E-state index contributed by atoms with van der Waals surface area (Å²) in [4.78, 5) is 15.7. The Bertz CT molecular complexity index is 1030. The Balaban J connectivity index is 2.26. The van der Waals surface area contributed by atoms with Crippen molar-refractivity contribution in [3.05, 3.63) is 47.5 Å². The quantitative estimate of drug-likeness (QED) is 0.608. The molecule has 1 aliphatic rings.